The molecule has 0 fully saturated rings. The van der Waals surface area contributed by atoms with E-state index in [2.05, 4.69) is 4.74 Å². The Kier molecular flexibility index (Phi) is 26.1. The van der Waals surface area contributed by atoms with E-state index in [9.17, 15) is 29.7 Å². The molecule has 0 bridgehead atoms. The van der Waals surface area contributed by atoms with Gasteiger partial charge in [-0.1, -0.05) is 0 Å². The fourth-order valence-corrected chi connectivity index (χ4v) is 0.928. The second kappa shape index (κ2) is 17.4. The minimum Gasteiger partial charge on any atom is -0.549 e. The fourth-order valence-electron chi connectivity index (χ4n) is 0.928. The molecule has 0 spiro atoms. The first-order chi connectivity index (χ1) is 7.41. The van der Waals surface area contributed by atoms with Gasteiger partial charge < -0.3 is 34.4 Å². The van der Waals surface area contributed by atoms with Gasteiger partial charge in [-0.05, 0) is 0 Å². The van der Waals surface area contributed by atoms with Crippen molar-refractivity contribution < 1.29 is 123 Å². The van der Waals surface area contributed by atoms with Gasteiger partial charge in [0.25, 0.3) is 0 Å². The van der Waals surface area contributed by atoms with Gasteiger partial charge >= 0.3 is 88.7 Å². The van der Waals surface area contributed by atoms with Crippen LogP contribution in [0.25, 0.3) is 0 Å². The summed E-state index contributed by atoms with van der Waals surface area (Å²) >= 11 is 0. The average Bonchev–Trinajstić information content (AvgIpc) is 2.09. The summed E-state index contributed by atoms with van der Waals surface area (Å²) in [7, 11) is 0. The van der Waals surface area contributed by atoms with E-state index in [1.807, 2.05) is 0 Å². The maximum absolute atomic E-state index is 10.2. The van der Waals surface area contributed by atoms with Crippen LogP contribution in [0, 0.1) is 0 Å². The van der Waals surface area contributed by atoms with Crippen molar-refractivity contribution in [3.63, 3.8) is 0 Å². The Hall–Kier alpha value is 1.33. The van der Waals surface area contributed by atoms with E-state index in [1.165, 1.54) is 0 Å². The van der Waals surface area contributed by atoms with Gasteiger partial charge in [0.1, 0.15) is 0 Å². The molecular weight excluding hydrogens is 291 g/mol. The number of carbonyl (C=O) groups is 3. The van der Waals surface area contributed by atoms with Crippen molar-refractivity contribution in [3.05, 3.63) is 0 Å². The van der Waals surface area contributed by atoms with Crippen LogP contribution in [0.3, 0.4) is 0 Å². The quantitative estimate of drug-likeness (QED) is 0.303. The molecule has 11 heteroatoms. The third kappa shape index (κ3) is 21.8. The van der Waals surface area contributed by atoms with E-state index in [1.54, 1.807) is 0 Å². The van der Waals surface area contributed by atoms with Crippen molar-refractivity contribution in [3.8, 4) is 0 Å². The summed E-state index contributed by atoms with van der Waals surface area (Å²) in [5.41, 5.74) is 0. The molecule has 0 unspecified atom stereocenters. The fraction of sp³-hybridized carbons (Fsp3) is 0.625. The molecule has 8 nitrogen and oxygen atoms in total. The van der Waals surface area contributed by atoms with Gasteiger partial charge in [-0.25, -0.2) is 0 Å². The normalized spacial score (nSPS) is 8.68. The van der Waals surface area contributed by atoms with Crippen LogP contribution in [-0.4, -0.2) is 55.7 Å². The molecule has 92 valence electrons. The van der Waals surface area contributed by atoms with Gasteiger partial charge in [-0.15, -0.1) is 0 Å². The third-order valence-corrected chi connectivity index (χ3v) is 1.48. The molecule has 0 aromatic rings. The van der Waals surface area contributed by atoms with Crippen molar-refractivity contribution in [2.45, 2.75) is 0 Å². The van der Waals surface area contributed by atoms with Crippen LogP contribution < -0.4 is 104 Å². The van der Waals surface area contributed by atoms with Crippen LogP contribution in [0.4, 0.5) is 0 Å². The van der Waals surface area contributed by atoms with Crippen LogP contribution in [0.1, 0.15) is 0 Å². The van der Waals surface area contributed by atoms with Crippen molar-refractivity contribution in [1.29, 1.82) is 0 Å². The molecule has 0 aliphatic heterocycles. The number of nitrogens with zero attached hydrogens (tertiary/aromatic N) is 1. The van der Waals surface area contributed by atoms with Gasteiger partial charge in [0.15, 0.2) is 0 Å². The number of carbonyl (C=O) groups excluding carboxylic acids is 3. The molecule has 0 aliphatic carbocycles. The summed E-state index contributed by atoms with van der Waals surface area (Å²) in [6.07, 6.45) is 0. The molecule has 0 radical (unpaired) electrons. The van der Waals surface area contributed by atoms with Gasteiger partial charge in [0.05, 0.1) is 31.1 Å². The molecule has 0 amide bonds. The SMILES string of the molecule is O=C([O-])COCCN(CC(=O)[O-])CC(=O)[O-].[Na+].[Na+].[Na+]. The largest absolute Gasteiger partial charge is 1.00 e. The Labute approximate surface area is 176 Å². The zero-order chi connectivity index (χ0) is 12.6. The molecule has 0 N–H and O–H groups in total. The predicted octanol–water partition coefficient (Wildman–Crippen LogP) is -14.4. The number of hydrogen-bond acceptors (Lipinski definition) is 8. The van der Waals surface area contributed by atoms with Crippen molar-refractivity contribution >= 4 is 17.9 Å². The van der Waals surface area contributed by atoms with Crippen molar-refractivity contribution in [2.24, 2.45) is 0 Å². The van der Waals surface area contributed by atoms with Gasteiger partial charge in [-0.2, -0.15) is 0 Å². The topological polar surface area (TPSA) is 133 Å². The number of rotatable bonds is 9. The van der Waals surface area contributed by atoms with Crippen LogP contribution in [0.5, 0.6) is 0 Å². The second-order valence-corrected chi connectivity index (χ2v) is 2.88. The average molecular weight is 301 g/mol. The van der Waals surface area contributed by atoms with Crippen molar-refractivity contribution in [1.82, 2.24) is 4.90 Å². The number of hydrogen-bond donors (Lipinski definition) is 0. The first-order valence-electron chi connectivity index (χ1n) is 4.31. The molecule has 0 aromatic carbocycles. The minimum absolute atomic E-state index is 0. The molecule has 0 rings (SSSR count). The van der Waals surface area contributed by atoms with E-state index in [-0.39, 0.29) is 102 Å². The van der Waals surface area contributed by atoms with Gasteiger partial charge in [-0.3, -0.25) is 4.90 Å². The Balaban J connectivity index is -0.000000375. The smallest absolute Gasteiger partial charge is 0.549 e. The predicted molar refractivity (Wildman–Crippen MR) is 42.3 cm³/mol. The zero-order valence-electron chi connectivity index (χ0n) is 11.3. The van der Waals surface area contributed by atoms with Crippen LogP contribution in [-0.2, 0) is 19.1 Å². The Bertz CT molecular complexity index is 261. The standard InChI is InChI=1S/C8H13NO7.3Na/c10-6(11)3-9(4-7(12)13)1-2-16-5-8(14)15;;;/h1-5H2,(H,10,11)(H,12,13)(H,14,15);;;/q;3*+1/p-3. The number of aliphatic carboxylic acids is 3. The molecular formula is C8H10NNa3O7. The monoisotopic (exact) mass is 301 g/mol. The molecule has 19 heavy (non-hydrogen) atoms. The van der Waals surface area contributed by atoms with Gasteiger partial charge in [0, 0.05) is 19.6 Å². The number of carboxylic acids is 3. The van der Waals surface area contributed by atoms with Gasteiger partial charge in [0.2, 0.25) is 0 Å². The zero-order valence-corrected chi connectivity index (χ0v) is 17.3. The van der Waals surface area contributed by atoms with E-state index in [0.29, 0.717) is 0 Å². The summed E-state index contributed by atoms with van der Waals surface area (Å²) in [5.74, 6) is -4.30. The van der Waals surface area contributed by atoms with Crippen LogP contribution in [0.2, 0.25) is 0 Å². The first kappa shape index (κ1) is 28.5. The first-order valence-corrected chi connectivity index (χ1v) is 4.31. The van der Waals surface area contributed by atoms with E-state index >= 15 is 0 Å². The maximum atomic E-state index is 10.2. The number of carboxylic acid groups (broad SMARTS) is 3. The van der Waals surface area contributed by atoms with E-state index in [4.69, 9.17) is 0 Å². The third-order valence-electron chi connectivity index (χ3n) is 1.48. The molecule has 0 saturated heterocycles. The maximum Gasteiger partial charge on any atom is 1.00 e. The second-order valence-electron chi connectivity index (χ2n) is 2.88. The Morgan fingerprint density at radius 2 is 1.26 bits per heavy atom. The Morgan fingerprint density at radius 3 is 1.58 bits per heavy atom. The summed E-state index contributed by atoms with van der Waals surface area (Å²) < 4.78 is 4.56. The van der Waals surface area contributed by atoms with Crippen LogP contribution >= 0.6 is 0 Å². The molecule has 0 saturated carbocycles. The van der Waals surface area contributed by atoms with Crippen molar-refractivity contribution in [2.75, 3.05) is 32.8 Å². The Morgan fingerprint density at radius 1 is 0.842 bits per heavy atom. The minimum atomic E-state index is -1.44. The van der Waals surface area contributed by atoms with Crippen LogP contribution in [0.15, 0.2) is 0 Å². The summed E-state index contributed by atoms with van der Waals surface area (Å²) in [5, 5.41) is 30.4. The number of ether oxygens (including phenoxy) is 1. The summed E-state index contributed by atoms with van der Waals surface area (Å²) in [6.45, 7) is -2.01. The molecule has 0 heterocycles. The molecule has 0 aliphatic rings. The summed E-state index contributed by atoms with van der Waals surface area (Å²) in [4.78, 5) is 31.4. The molecule has 0 aromatic heterocycles. The summed E-state index contributed by atoms with van der Waals surface area (Å²) in [6, 6.07) is 0. The van der Waals surface area contributed by atoms with E-state index in [0.717, 1.165) is 4.90 Å². The van der Waals surface area contributed by atoms with E-state index < -0.39 is 37.6 Å². The molecule has 0 atom stereocenters.